The number of ether oxygens (including phenoxy) is 1. The molecule has 7 nitrogen and oxygen atoms in total. The number of aliphatic hydroxyl groups excluding tert-OH is 1. The molecule has 7 heteroatoms. The van der Waals surface area contributed by atoms with Crippen LogP contribution >= 0.6 is 0 Å². The van der Waals surface area contributed by atoms with Crippen molar-refractivity contribution in [2.24, 2.45) is 4.99 Å². The van der Waals surface area contributed by atoms with Crippen LogP contribution < -0.4 is 20.7 Å². The van der Waals surface area contributed by atoms with Crippen molar-refractivity contribution in [3.05, 3.63) is 65.2 Å². The summed E-state index contributed by atoms with van der Waals surface area (Å²) in [4.78, 5) is 16.2. The number of aliphatic hydroxyl groups is 1. The predicted molar refractivity (Wildman–Crippen MR) is 120 cm³/mol. The topological polar surface area (TPSA) is 95.0 Å². The lowest BCUT2D eigenvalue weighted by atomic mass is 10.1. The van der Waals surface area contributed by atoms with Gasteiger partial charge in [0.1, 0.15) is 5.75 Å². The molecule has 1 unspecified atom stereocenters. The summed E-state index contributed by atoms with van der Waals surface area (Å²) in [7, 11) is 1.61. The van der Waals surface area contributed by atoms with E-state index >= 15 is 0 Å². The molecule has 30 heavy (non-hydrogen) atoms. The smallest absolute Gasteiger partial charge is 0.251 e. The molecule has 1 amide bonds. The van der Waals surface area contributed by atoms with Crippen molar-refractivity contribution < 1.29 is 14.6 Å². The number of rotatable bonds is 9. The third-order valence-electron chi connectivity index (χ3n) is 4.28. The zero-order chi connectivity index (χ0) is 21.9. The van der Waals surface area contributed by atoms with Gasteiger partial charge in [-0.15, -0.1) is 0 Å². The zero-order valence-electron chi connectivity index (χ0n) is 18.1. The predicted octanol–water partition coefficient (Wildman–Crippen LogP) is 2.62. The molecule has 0 spiro atoms. The van der Waals surface area contributed by atoms with Crippen LogP contribution in [0, 0.1) is 0 Å². The Balaban J connectivity index is 1.97. The van der Waals surface area contributed by atoms with Gasteiger partial charge in [0, 0.05) is 25.7 Å². The summed E-state index contributed by atoms with van der Waals surface area (Å²) in [5.41, 5.74) is 2.38. The van der Waals surface area contributed by atoms with E-state index in [0.29, 0.717) is 31.2 Å². The number of nitrogens with one attached hydrogen (secondary N) is 3. The highest BCUT2D eigenvalue weighted by Gasteiger charge is 2.10. The summed E-state index contributed by atoms with van der Waals surface area (Å²) in [5, 5.41) is 19.5. The van der Waals surface area contributed by atoms with Gasteiger partial charge in [0.2, 0.25) is 0 Å². The molecule has 0 aliphatic heterocycles. The molecule has 0 bridgehead atoms. The van der Waals surface area contributed by atoms with Crippen molar-refractivity contribution in [3.63, 3.8) is 0 Å². The maximum absolute atomic E-state index is 11.6. The average Bonchev–Trinajstić information content (AvgIpc) is 2.75. The van der Waals surface area contributed by atoms with Gasteiger partial charge in [-0.3, -0.25) is 4.79 Å². The van der Waals surface area contributed by atoms with E-state index in [-0.39, 0.29) is 12.0 Å². The minimum Gasteiger partial charge on any atom is -0.491 e. The number of guanidine groups is 1. The number of hydrogen-bond donors (Lipinski definition) is 4. The van der Waals surface area contributed by atoms with Crippen molar-refractivity contribution in [1.29, 1.82) is 0 Å². The van der Waals surface area contributed by atoms with Crippen LogP contribution in [0.1, 0.15) is 48.4 Å². The normalized spacial score (nSPS) is 12.4. The van der Waals surface area contributed by atoms with Crippen molar-refractivity contribution in [3.8, 4) is 5.75 Å². The van der Waals surface area contributed by atoms with E-state index in [9.17, 15) is 9.90 Å². The molecule has 1 atom stereocenters. The van der Waals surface area contributed by atoms with Crippen molar-refractivity contribution in [2.75, 3.05) is 20.1 Å². The highest BCUT2D eigenvalue weighted by Crippen LogP contribution is 2.20. The van der Waals surface area contributed by atoms with Crippen LogP contribution in [0.5, 0.6) is 5.75 Å². The minimum absolute atomic E-state index is 0.0772. The molecular weight excluding hydrogens is 380 g/mol. The summed E-state index contributed by atoms with van der Waals surface area (Å²) >= 11 is 0. The van der Waals surface area contributed by atoms with Crippen LogP contribution in [-0.2, 0) is 6.54 Å². The Morgan fingerprint density at radius 2 is 1.87 bits per heavy atom. The van der Waals surface area contributed by atoms with E-state index in [1.54, 1.807) is 19.2 Å². The van der Waals surface area contributed by atoms with Crippen LogP contribution in [-0.4, -0.2) is 43.2 Å². The monoisotopic (exact) mass is 412 g/mol. The Labute approximate surface area is 178 Å². The fourth-order valence-corrected chi connectivity index (χ4v) is 2.80. The average molecular weight is 413 g/mol. The molecule has 4 N–H and O–H groups in total. The molecule has 0 fully saturated rings. The maximum atomic E-state index is 11.6. The summed E-state index contributed by atoms with van der Waals surface area (Å²) in [6.45, 7) is 7.39. The van der Waals surface area contributed by atoms with Gasteiger partial charge in [-0.05, 0) is 56.2 Å². The molecule has 0 heterocycles. The minimum atomic E-state index is -0.698. The molecule has 2 aromatic rings. The lowest BCUT2D eigenvalue weighted by Crippen LogP contribution is -2.39. The van der Waals surface area contributed by atoms with Crippen molar-refractivity contribution >= 4 is 11.9 Å². The van der Waals surface area contributed by atoms with E-state index in [1.165, 1.54) is 0 Å². The quantitative estimate of drug-likeness (QED) is 0.375. The number of benzene rings is 2. The lowest BCUT2D eigenvalue weighted by Gasteiger charge is -2.17. The number of aliphatic imine (C=N–C) groups is 1. The van der Waals surface area contributed by atoms with E-state index in [4.69, 9.17) is 4.74 Å². The highest BCUT2D eigenvalue weighted by atomic mass is 16.5. The Hall–Kier alpha value is -3.06. The fourth-order valence-electron chi connectivity index (χ4n) is 2.80. The summed E-state index contributed by atoms with van der Waals surface area (Å²) in [6, 6.07) is 14.8. The van der Waals surface area contributed by atoms with Crippen LogP contribution in [0.3, 0.4) is 0 Å². The van der Waals surface area contributed by atoms with E-state index in [1.807, 2.05) is 57.2 Å². The Morgan fingerprint density at radius 3 is 2.50 bits per heavy atom. The largest absolute Gasteiger partial charge is 0.491 e. The summed E-state index contributed by atoms with van der Waals surface area (Å²) in [5.74, 6) is 1.24. The van der Waals surface area contributed by atoms with E-state index in [2.05, 4.69) is 20.9 Å². The molecule has 0 saturated heterocycles. The van der Waals surface area contributed by atoms with Gasteiger partial charge < -0.3 is 25.8 Å². The van der Waals surface area contributed by atoms with Crippen molar-refractivity contribution in [2.45, 2.75) is 39.5 Å². The second-order valence-corrected chi connectivity index (χ2v) is 7.11. The van der Waals surface area contributed by atoms with Gasteiger partial charge in [0.25, 0.3) is 5.91 Å². The van der Waals surface area contributed by atoms with Crippen LogP contribution in [0.25, 0.3) is 0 Å². The van der Waals surface area contributed by atoms with Gasteiger partial charge in [0.15, 0.2) is 5.96 Å². The maximum Gasteiger partial charge on any atom is 0.251 e. The van der Waals surface area contributed by atoms with Gasteiger partial charge in [0.05, 0.1) is 18.8 Å². The molecule has 0 radical (unpaired) electrons. The third-order valence-corrected chi connectivity index (χ3v) is 4.28. The Kier molecular flexibility index (Phi) is 9.15. The highest BCUT2D eigenvalue weighted by molar-refractivity contribution is 5.93. The van der Waals surface area contributed by atoms with E-state index in [0.717, 1.165) is 16.9 Å². The SMILES string of the molecule is CCNC(=NCc1ccc(C(=O)NC)cc1)NCC(O)c1cccc(OC(C)C)c1. The number of amides is 1. The zero-order valence-corrected chi connectivity index (χ0v) is 18.1. The van der Waals surface area contributed by atoms with Crippen LogP contribution in [0.4, 0.5) is 0 Å². The fraction of sp³-hybridized carbons (Fsp3) is 0.391. The lowest BCUT2D eigenvalue weighted by molar-refractivity contribution is 0.0963. The Morgan fingerprint density at radius 1 is 1.13 bits per heavy atom. The first kappa shape index (κ1) is 23.2. The van der Waals surface area contributed by atoms with Crippen molar-refractivity contribution in [1.82, 2.24) is 16.0 Å². The van der Waals surface area contributed by atoms with E-state index < -0.39 is 6.10 Å². The molecule has 162 valence electrons. The molecular formula is C23H32N4O3. The van der Waals surface area contributed by atoms with Gasteiger partial charge in [-0.25, -0.2) is 4.99 Å². The molecule has 0 saturated carbocycles. The second kappa shape index (κ2) is 11.8. The second-order valence-electron chi connectivity index (χ2n) is 7.11. The van der Waals surface area contributed by atoms with Gasteiger partial charge in [-0.1, -0.05) is 24.3 Å². The Bertz CT molecular complexity index is 835. The first-order valence-corrected chi connectivity index (χ1v) is 10.2. The molecule has 0 aromatic heterocycles. The molecule has 2 rings (SSSR count). The number of carbonyl (C=O) groups excluding carboxylic acids is 1. The van der Waals surface area contributed by atoms with Crippen LogP contribution in [0.15, 0.2) is 53.5 Å². The first-order valence-electron chi connectivity index (χ1n) is 10.2. The van der Waals surface area contributed by atoms with Crippen LogP contribution in [0.2, 0.25) is 0 Å². The number of hydrogen-bond acceptors (Lipinski definition) is 4. The number of carbonyl (C=O) groups is 1. The number of nitrogens with zero attached hydrogens (tertiary/aromatic N) is 1. The standard InChI is InChI=1S/C23H32N4O3/c1-5-25-23(26-14-17-9-11-18(12-10-17)22(29)24-4)27-15-21(28)19-7-6-8-20(13-19)30-16(2)3/h6-13,16,21,28H,5,14-15H2,1-4H3,(H,24,29)(H2,25,26,27). The summed E-state index contributed by atoms with van der Waals surface area (Å²) in [6.07, 6.45) is -0.621. The molecule has 0 aliphatic rings. The molecule has 2 aromatic carbocycles. The third kappa shape index (κ3) is 7.40. The van der Waals surface area contributed by atoms with Gasteiger partial charge in [-0.2, -0.15) is 0 Å². The first-order chi connectivity index (χ1) is 14.4. The van der Waals surface area contributed by atoms with Gasteiger partial charge >= 0.3 is 0 Å². The summed E-state index contributed by atoms with van der Waals surface area (Å²) < 4.78 is 5.69. The molecule has 0 aliphatic carbocycles.